The van der Waals surface area contributed by atoms with Gasteiger partial charge in [-0.15, -0.1) is 11.8 Å². The van der Waals surface area contributed by atoms with E-state index in [0.29, 0.717) is 11.3 Å². The second kappa shape index (κ2) is 14.1. The Morgan fingerprint density at radius 3 is 2.20 bits per heavy atom. The number of fused-ring (bicyclic) bond motifs is 1. The summed E-state index contributed by atoms with van der Waals surface area (Å²) >= 11 is 1.46. The molecule has 11 heteroatoms. The molecule has 0 spiro atoms. The predicted molar refractivity (Wildman–Crippen MR) is 167 cm³/mol. The van der Waals surface area contributed by atoms with Gasteiger partial charge >= 0.3 is 17.9 Å². The van der Waals surface area contributed by atoms with Crippen molar-refractivity contribution in [1.82, 2.24) is 4.90 Å². The first kappa shape index (κ1) is 32.0. The summed E-state index contributed by atoms with van der Waals surface area (Å²) in [5.74, 6) is -1.15. The number of carbonyl (C=O) groups is 4. The van der Waals surface area contributed by atoms with E-state index in [1.165, 1.54) is 31.7 Å². The zero-order chi connectivity index (χ0) is 32.0. The highest BCUT2D eigenvalue weighted by Crippen LogP contribution is 2.44. The van der Waals surface area contributed by atoms with Crippen LogP contribution in [0, 0.1) is 5.41 Å². The van der Waals surface area contributed by atoms with Gasteiger partial charge in [0, 0.05) is 26.1 Å². The van der Waals surface area contributed by atoms with E-state index in [-0.39, 0.29) is 42.5 Å². The molecule has 2 unspecified atom stereocenters. The quantitative estimate of drug-likeness (QED) is 0.108. The average Bonchev–Trinajstić information content (AvgIpc) is 3.04. The van der Waals surface area contributed by atoms with Gasteiger partial charge in [0.25, 0.3) is 0 Å². The van der Waals surface area contributed by atoms with E-state index < -0.39 is 35.5 Å². The number of esters is 3. The molecule has 3 atom stereocenters. The molecule has 0 radical (unpaired) electrons. The third-order valence-corrected chi connectivity index (χ3v) is 8.99. The Morgan fingerprint density at radius 1 is 0.956 bits per heavy atom. The lowest BCUT2D eigenvalue weighted by molar-refractivity contribution is -0.161. The summed E-state index contributed by atoms with van der Waals surface area (Å²) in [4.78, 5) is 51.3. The molecule has 0 bridgehead atoms. The van der Waals surface area contributed by atoms with E-state index in [1.807, 2.05) is 60.7 Å². The maximum atomic E-state index is 14.1. The fraction of sp³-hybridized carbons (Fsp3) is 0.294. The van der Waals surface area contributed by atoms with Crippen LogP contribution in [0.3, 0.4) is 0 Å². The normalized spacial score (nSPS) is 20.8. The highest BCUT2D eigenvalue weighted by atomic mass is 32.2. The molecule has 1 amide bonds. The minimum atomic E-state index is -1.13. The van der Waals surface area contributed by atoms with Crippen molar-refractivity contribution >= 4 is 35.6 Å². The number of thioether (sulfide) groups is 1. The highest BCUT2D eigenvalue weighted by molar-refractivity contribution is 8.00. The van der Waals surface area contributed by atoms with Crippen LogP contribution in [0.25, 0.3) is 0 Å². The smallest absolute Gasteiger partial charge is 0.319 e. The number of nitrogens with zero attached hydrogens (tertiary/aromatic N) is 1. The molecule has 234 valence electrons. The van der Waals surface area contributed by atoms with Crippen LogP contribution < -0.4 is 15.2 Å². The number of hydrogen-bond donors (Lipinski definition) is 1. The van der Waals surface area contributed by atoms with Crippen LogP contribution in [0.4, 0.5) is 0 Å². The molecule has 10 nitrogen and oxygen atoms in total. The van der Waals surface area contributed by atoms with Crippen LogP contribution in [-0.2, 0) is 35.3 Å². The van der Waals surface area contributed by atoms with E-state index in [4.69, 9.17) is 24.7 Å². The van der Waals surface area contributed by atoms with Crippen molar-refractivity contribution in [3.63, 3.8) is 0 Å². The van der Waals surface area contributed by atoms with Crippen molar-refractivity contribution in [3.8, 4) is 11.5 Å². The number of nitrogens with two attached hydrogens (primary N) is 1. The van der Waals surface area contributed by atoms with Gasteiger partial charge in [0.1, 0.15) is 16.8 Å². The molecule has 2 heterocycles. The Labute approximate surface area is 265 Å². The van der Waals surface area contributed by atoms with Crippen molar-refractivity contribution in [2.45, 2.75) is 38.0 Å². The fourth-order valence-corrected chi connectivity index (χ4v) is 6.69. The summed E-state index contributed by atoms with van der Waals surface area (Å²) in [5.41, 5.74) is 7.23. The van der Waals surface area contributed by atoms with Gasteiger partial charge in [0.2, 0.25) is 5.91 Å². The summed E-state index contributed by atoms with van der Waals surface area (Å²) in [6.07, 6.45) is 2.86. The van der Waals surface area contributed by atoms with Crippen LogP contribution in [0.5, 0.6) is 11.5 Å². The summed E-state index contributed by atoms with van der Waals surface area (Å²) in [5, 5.41) is -0.177. The van der Waals surface area contributed by atoms with Gasteiger partial charge < -0.3 is 29.6 Å². The lowest BCUT2D eigenvalue weighted by Crippen LogP contribution is -2.72. The van der Waals surface area contributed by atoms with Crippen LogP contribution >= 0.6 is 11.8 Å². The van der Waals surface area contributed by atoms with E-state index in [1.54, 1.807) is 29.2 Å². The molecule has 2 aliphatic heterocycles. The number of amides is 1. The van der Waals surface area contributed by atoms with Crippen LogP contribution in [0.2, 0.25) is 0 Å². The summed E-state index contributed by atoms with van der Waals surface area (Å²) in [6, 6.07) is 23.2. The molecule has 2 saturated heterocycles. The molecule has 3 aromatic rings. The van der Waals surface area contributed by atoms with Crippen LogP contribution in [0.1, 0.15) is 36.6 Å². The van der Waals surface area contributed by atoms with Crippen LogP contribution in [-0.4, -0.2) is 59.0 Å². The van der Waals surface area contributed by atoms with Crippen molar-refractivity contribution in [2.75, 3.05) is 18.9 Å². The van der Waals surface area contributed by atoms with Gasteiger partial charge in [-0.2, -0.15) is 0 Å². The second-order valence-corrected chi connectivity index (χ2v) is 11.9. The van der Waals surface area contributed by atoms with Gasteiger partial charge in [-0.3, -0.25) is 19.2 Å². The third-order valence-electron chi connectivity index (χ3n) is 7.42. The molecule has 0 aliphatic carbocycles. The van der Waals surface area contributed by atoms with Gasteiger partial charge in [-0.1, -0.05) is 78.9 Å². The van der Waals surface area contributed by atoms with E-state index >= 15 is 0 Å². The summed E-state index contributed by atoms with van der Waals surface area (Å²) < 4.78 is 22.4. The molecule has 2 fully saturated rings. The first-order valence-electron chi connectivity index (χ1n) is 14.4. The Hall–Kier alpha value is -4.45. The minimum Gasteiger partial charge on any atom is -0.452 e. The lowest BCUT2D eigenvalue weighted by atomic mass is 9.86. The van der Waals surface area contributed by atoms with Crippen LogP contribution in [0.15, 0.2) is 91.0 Å². The molecule has 2 aliphatic rings. The zero-order valence-corrected chi connectivity index (χ0v) is 25.7. The second-order valence-electron chi connectivity index (χ2n) is 10.8. The van der Waals surface area contributed by atoms with Gasteiger partial charge in [0.05, 0.1) is 13.2 Å². The van der Waals surface area contributed by atoms with E-state index in [0.717, 1.165) is 11.1 Å². The van der Waals surface area contributed by atoms with Gasteiger partial charge in [0.15, 0.2) is 17.6 Å². The van der Waals surface area contributed by atoms with E-state index in [9.17, 15) is 19.2 Å². The Bertz CT molecular complexity index is 1540. The number of benzene rings is 3. The maximum absolute atomic E-state index is 14.1. The van der Waals surface area contributed by atoms with E-state index in [2.05, 4.69) is 0 Å². The van der Waals surface area contributed by atoms with Crippen molar-refractivity contribution in [3.05, 3.63) is 108 Å². The van der Waals surface area contributed by atoms with Crippen molar-refractivity contribution in [2.24, 2.45) is 11.1 Å². The molecule has 0 saturated carbocycles. The number of β-lactam (4-membered cyclic amide) rings is 1. The molecule has 45 heavy (non-hydrogen) atoms. The average molecular weight is 631 g/mol. The number of carbonyl (C=O) groups excluding carboxylic acids is 4. The molecule has 2 N–H and O–H groups in total. The predicted octanol–water partition coefficient (Wildman–Crippen LogP) is 4.17. The maximum Gasteiger partial charge on any atom is 0.319 e. The van der Waals surface area contributed by atoms with Gasteiger partial charge in [-0.05, 0) is 28.8 Å². The minimum absolute atomic E-state index is 0.105. The largest absolute Gasteiger partial charge is 0.452 e. The number of hydrogen-bond acceptors (Lipinski definition) is 10. The Balaban J connectivity index is 1.32. The Morgan fingerprint density at radius 2 is 1.58 bits per heavy atom. The topological polar surface area (TPSA) is 134 Å². The first-order chi connectivity index (χ1) is 21.7. The molecule has 3 aromatic carbocycles. The molecular formula is C34H34N2O8S. The third kappa shape index (κ3) is 7.44. The molecular weight excluding hydrogens is 596 g/mol. The lowest BCUT2D eigenvalue weighted by Gasteiger charge is -2.52. The number of rotatable bonds is 11. The first-order valence-corrected chi connectivity index (χ1v) is 15.5. The monoisotopic (exact) mass is 630 g/mol. The highest BCUT2D eigenvalue weighted by Gasteiger charge is 2.55. The SMILES string of the molecule is CC(=O)Oc1ccc(COCC=CC2(C(=O)OC(c3ccccc3)c3ccccc3)CS[C@@H]3C(N)C(=O)N3C2)cc1OC(C)=O. The van der Waals surface area contributed by atoms with Gasteiger partial charge in [-0.25, -0.2) is 0 Å². The molecule has 5 rings (SSSR count). The van der Waals surface area contributed by atoms with Crippen molar-refractivity contribution in [1.29, 1.82) is 0 Å². The summed E-state index contributed by atoms with van der Waals surface area (Å²) in [6.45, 7) is 2.94. The Kier molecular flexibility index (Phi) is 10.0. The van der Waals surface area contributed by atoms with Crippen molar-refractivity contribution < 1.29 is 38.1 Å². The standard InChI is InChI=1S/C34H34N2O8S/c1-22(37)42-27-15-14-24(18-28(27)43-23(2)38)19-41-17-9-16-34(20-36-31(39)29(35)32(36)45-21-34)33(40)44-30(25-10-5-3-6-11-25)26-12-7-4-8-13-26/h3-16,18,29-30,32H,17,19-21,35H2,1-2H3/t29?,32-,34?/m1/s1. The number of ether oxygens (including phenoxy) is 4. The summed E-state index contributed by atoms with van der Waals surface area (Å²) in [7, 11) is 0. The zero-order valence-electron chi connectivity index (χ0n) is 24.9. The fourth-order valence-electron chi connectivity index (χ4n) is 5.23. The molecule has 0 aromatic heterocycles.